The Morgan fingerprint density at radius 2 is 1.93 bits per heavy atom. The first kappa shape index (κ1) is 13.7. The molecule has 0 bridgehead atoms. The van der Waals surface area contributed by atoms with Gasteiger partial charge in [-0.25, -0.2) is 0 Å². The lowest BCUT2D eigenvalue weighted by Crippen LogP contribution is -2.40. The van der Waals surface area contributed by atoms with Crippen molar-refractivity contribution in [1.82, 2.24) is 4.90 Å². The van der Waals surface area contributed by atoms with E-state index in [1.165, 1.54) is 0 Å². The highest BCUT2D eigenvalue weighted by Gasteiger charge is 2.16. The predicted octanol–water partition coefficient (Wildman–Crippen LogP) is 1.89. The summed E-state index contributed by atoms with van der Waals surface area (Å²) in [6.07, 6.45) is 0.0870. The SMILES string of the molecule is CC(C)OCC(=O)N(CCCl)C(C)C. The molecule has 3 nitrogen and oxygen atoms in total. The molecule has 0 saturated carbocycles. The van der Waals surface area contributed by atoms with Crippen LogP contribution in [0.5, 0.6) is 0 Å². The molecule has 0 heterocycles. The third-order valence-corrected chi connectivity index (χ3v) is 1.98. The van der Waals surface area contributed by atoms with Crippen molar-refractivity contribution in [3.05, 3.63) is 0 Å². The van der Waals surface area contributed by atoms with Crippen LogP contribution in [0.15, 0.2) is 0 Å². The van der Waals surface area contributed by atoms with Crippen molar-refractivity contribution in [1.29, 1.82) is 0 Å². The quantitative estimate of drug-likeness (QED) is 0.641. The second-order valence-electron chi connectivity index (χ2n) is 3.73. The normalized spacial score (nSPS) is 11.1. The monoisotopic (exact) mass is 221 g/mol. The van der Waals surface area contributed by atoms with E-state index >= 15 is 0 Å². The fourth-order valence-electron chi connectivity index (χ4n) is 1.08. The van der Waals surface area contributed by atoms with E-state index in [9.17, 15) is 4.79 Å². The molecule has 0 aliphatic carbocycles. The molecule has 0 unspecified atom stereocenters. The predicted molar refractivity (Wildman–Crippen MR) is 58.7 cm³/mol. The minimum absolute atomic E-state index is 0.00866. The molecule has 4 heteroatoms. The minimum atomic E-state index is 0.00866. The highest BCUT2D eigenvalue weighted by atomic mass is 35.5. The van der Waals surface area contributed by atoms with Gasteiger partial charge in [-0.05, 0) is 27.7 Å². The molecule has 0 atom stereocenters. The number of hydrogen-bond acceptors (Lipinski definition) is 2. The Morgan fingerprint density at radius 1 is 1.36 bits per heavy atom. The third kappa shape index (κ3) is 5.45. The van der Waals surface area contributed by atoms with E-state index in [2.05, 4.69) is 0 Å². The highest BCUT2D eigenvalue weighted by Crippen LogP contribution is 2.01. The maximum atomic E-state index is 11.6. The number of ether oxygens (including phenoxy) is 1. The standard InChI is InChI=1S/C10H20ClNO2/c1-8(2)12(6-5-11)10(13)7-14-9(3)4/h8-9H,5-7H2,1-4H3. The molecule has 0 saturated heterocycles. The van der Waals surface area contributed by atoms with Crippen LogP contribution in [0.3, 0.4) is 0 Å². The van der Waals surface area contributed by atoms with Gasteiger partial charge in [0.15, 0.2) is 0 Å². The molecular formula is C10H20ClNO2. The summed E-state index contributed by atoms with van der Waals surface area (Å²) >= 11 is 5.61. The molecule has 0 radical (unpaired) electrons. The van der Waals surface area contributed by atoms with Gasteiger partial charge in [-0.2, -0.15) is 0 Å². The van der Waals surface area contributed by atoms with Crippen LogP contribution in [0.2, 0.25) is 0 Å². The fourth-order valence-corrected chi connectivity index (χ4v) is 1.26. The van der Waals surface area contributed by atoms with Gasteiger partial charge < -0.3 is 9.64 Å². The van der Waals surface area contributed by atoms with E-state index in [1.807, 2.05) is 27.7 Å². The molecule has 1 amide bonds. The van der Waals surface area contributed by atoms with Crippen molar-refractivity contribution in [3.8, 4) is 0 Å². The molecule has 84 valence electrons. The molecule has 0 aromatic carbocycles. The van der Waals surface area contributed by atoms with E-state index in [0.717, 1.165) is 0 Å². The highest BCUT2D eigenvalue weighted by molar-refractivity contribution is 6.18. The summed E-state index contributed by atoms with van der Waals surface area (Å²) in [6.45, 7) is 8.50. The summed E-state index contributed by atoms with van der Waals surface area (Å²) in [5.41, 5.74) is 0. The number of nitrogens with zero attached hydrogens (tertiary/aromatic N) is 1. The number of amides is 1. The van der Waals surface area contributed by atoms with Crippen molar-refractivity contribution < 1.29 is 9.53 Å². The van der Waals surface area contributed by atoms with Crippen molar-refractivity contribution in [3.63, 3.8) is 0 Å². The van der Waals surface area contributed by atoms with Crippen molar-refractivity contribution >= 4 is 17.5 Å². The fraction of sp³-hybridized carbons (Fsp3) is 0.900. The van der Waals surface area contributed by atoms with Gasteiger partial charge in [0, 0.05) is 18.5 Å². The summed E-state index contributed by atoms with van der Waals surface area (Å²) in [5, 5.41) is 0. The van der Waals surface area contributed by atoms with Crippen molar-refractivity contribution in [2.75, 3.05) is 19.0 Å². The number of carbonyl (C=O) groups is 1. The maximum Gasteiger partial charge on any atom is 0.248 e. The van der Waals surface area contributed by atoms with Gasteiger partial charge >= 0.3 is 0 Å². The van der Waals surface area contributed by atoms with Gasteiger partial charge in [-0.3, -0.25) is 4.79 Å². The number of hydrogen-bond donors (Lipinski definition) is 0. The van der Waals surface area contributed by atoms with Crippen LogP contribution in [-0.4, -0.2) is 42.0 Å². The first-order chi connectivity index (χ1) is 6.49. The third-order valence-electron chi connectivity index (χ3n) is 1.81. The van der Waals surface area contributed by atoms with Crippen LogP contribution in [0.1, 0.15) is 27.7 Å². The van der Waals surface area contributed by atoms with Gasteiger partial charge in [0.25, 0.3) is 0 Å². The Bertz CT molecular complexity index is 172. The van der Waals surface area contributed by atoms with Crippen LogP contribution in [0.25, 0.3) is 0 Å². The first-order valence-electron chi connectivity index (χ1n) is 4.96. The Labute approximate surface area is 91.4 Å². The topological polar surface area (TPSA) is 29.5 Å². The van der Waals surface area contributed by atoms with Crippen LogP contribution in [-0.2, 0) is 9.53 Å². The van der Waals surface area contributed by atoms with Gasteiger partial charge in [-0.1, -0.05) is 0 Å². The average molecular weight is 222 g/mol. The van der Waals surface area contributed by atoms with E-state index in [1.54, 1.807) is 4.90 Å². The maximum absolute atomic E-state index is 11.6. The lowest BCUT2D eigenvalue weighted by Gasteiger charge is -2.26. The lowest BCUT2D eigenvalue weighted by atomic mass is 10.3. The zero-order valence-corrected chi connectivity index (χ0v) is 10.2. The van der Waals surface area contributed by atoms with E-state index < -0.39 is 0 Å². The molecule has 14 heavy (non-hydrogen) atoms. The van der Waals surface area contributed by atoms with Gasteiger partial charge in [0.05, 0.1) is 6.10 Å². The van der Waals surface area contributed by atoms with E-state index in [0.29, 0.717) is 12.4 Å². The molecule has 0 aromatic rings. The second-order valence-corrected chi connectivity index (χ2v) is 4.11. The molecule has 0 aliphatic heterocycles. The van der Waals surface area contributed by atoms with Crippen LogP contribution in [0.4, 0.5) is 0 Å². The molecular weight excluding hydrogens is 202 g/mol. The van der Waals surface area contributed by atoms with Crippen LogP contribution < -0.4 is 0 Å². The molecule has 0 aromatic heterocycles. The largest absolute Gasteiger partial charge is 0.369 e. The Kier molecular flexibility index (Phi) is 6.93. The summed E-state index contributed by atoms with van der Waals surface area (Å²) in [5.74, 6) is 0.473. The Balaban J connectivity index is 4.02. The van der Waals surface area contributed by atoms with E-state index in [-0.39, 0.29) is 24.7 Å². The lowest BCUT2D eigenvalue weighted by molar-refractivity contribution is -0.139. The molecule has 0 fully saturated rings. The number of halogens is 1. The smallest absolute Gasteiger partial charge is 0.248 e. The Morgan fingerprint density at radius 3 is 2.29 bits per heavy atom. The van der Waals surface area contributed by atoms with Crippen LogP contribution in [0, 0.1) is 0 Å². The first-order valence-corrected chi connectivity index (χ1v) is 5.49. The number of carbonyl (C=O) groups excluding carboxylic acids is 1. The summed E-state index contributed by atoms with van der Waals surface area (Å²) in [6, 6.07) is 0.178. The second kappa shape index (κ2) is 7.07. The molecule has 0 N–H and O–H groups in total. The van der Waals surface area contributed by atoms with Gasteiger partial charge in [0.2, 0.25) is 5.91 Å². The Hall–Kier alpha value is -0.280. The van der Waals surface area contributed by atoms with Crippen molar-refractivity contribution in [2.24, 2.45) is 0 Å². The molecule has 0 aliphatic rings. The number of alkyl halides is 1. The summed E-state index contributed by atoms with van der Waals surface area (Å²) in [4.78, 5) is 13.4. The average Bonchev–Trinajstić information content (AvgIpc) is 2.09. The zero-order valence-electron chi connectivity index (χ0n) is 9.42. The molecule has 0 rings (SSSR count). The summed E-state index contributed by atoms with van der Waals surface area (Å²) in [7, 11) is 0. The zero-order chi connectivity index (χ0) is 11.1. The van der Waals surface area contributed by atoms with Crippen LogP contribution >= 0.6 is 11.6 Å². The van der Waals surface area contributed by atoms with Crippen molar-refractivity contribution in [2.45, 2.75) is 39.8 Å². The minimum Gasteiger partial charge on any atom is -0.369 e. The number of rotatable bonds is 6. The van der Waals surface area contributed by atoms with E-state index in [4.69, 9.17) is 16.3 Å². The van der Waals surface area contributed by atoms with Gasteiger partial charge in [0.1, 0.15) is 6.61 Å². The van der Waals surface area contributed by atoms with Gasteiger partial charge in [-0.15, -0.1) is 11.6 Å². The summed E-state index contributed by atoms with van der Waals surface area (Å²) < 4.78 is 5.25. The molecule has 0 spiro atoms.